The number of halogens is 3. The average molecular weight is 360 g/mol. The molecule has 1 fully saturated rings. The van der Waals surface area contributed by atoms with E-state index < -0.39 is 22.9 Å². The van der Waals surface area contributed by atoms with E-state index in [-0.39, 0.29) is 18.0 Å². The van der Waals surface area contributed by atoms with Crippen LogP contribution in [-0.4, -0.2) is 48.3 Å². The van der Waals surface area contributed by atoms with Crippen molar-refractivity contribution in [1.29, 1.82) is 0 Å². The number of hydrogen-bond donors (Lipinski definition) is 1. The predicted molar refractivity (Wildman–Crippen MR) is 81.7 cm³/mol. The van der Waals surface area contributed by atoms with Crippen LogP contribution in [0.15, 0.2) is 23.1 Å². The van der Waals surface area contributed by atoms with Gasteiger partial charge in [0.25, 0.3) is 0 Å². The molecule has 3 rings (SSSR count). The number of carbonyl (C=O) groups excluding carboxylic acids is 2. The highest BCUT2D eigenvalue weighted by atomic mass is 32.2. The van der Waals surface area contributed by atoms with Gasteiger partial charge in [-0.2, -0.15) is 13.2 Å². The third-order valence-electron chi connectivity index (χ3n) is 3.85. The van der Waals surface area contributed by atoms with Crippen molar-refractivity contribution in [2.75, 3.05) is 31.6 Å². The first-order valence-electron chi connectivity index (χ1n) is 7.39. The van der Waals surface area contributed by atoms with Crippen LogP contribution in [0.4, 0.5) is 18.9 Å². The Morgan fingerprint density at radius 2 is 2.04 bits per heavy atom. The van der Waals surface area contributed by atoms with Crippen molar-refractivity contribution in [3.05, 3.63) is 23.8 Å². The molecule has 1 N–H and O–H groups in total. The molecule has 2 amide bonds. The van der Waals surface area contributed by atoms with Crippen molar-refractivity contribution in [2.45, 2.75) is 22.7 Å². The Hall–Kier alpha value is -1.74. The molecule has 130 valence electrons. The molecule has 2 aliphatic rings. The van der Waals surface area contributed by atoms with Gasteiger partial charge in [0.05, 0.1) is 29.7 Å². The van der Waals surface area contributed by atoms with Gasteiger partial charge in [-0.3, -0.25) is 9.59 Å². The van der Waals surface area contributed by atoms with Crippen molar-refractivity contribution in [3.63, 3.8) is 0 Å². The van der Waals surface area contributed by atoms with Gasteiger partial charge in [-0.1, -0.05) is 0 Å². The Labute approximate surface area is 140 Å². The van der Waals surface area contributed by atoms with E-state index in [9.17, 15) is 22.8 Å². The Morgan fingerprint density at radius 3 is 2.71 bits per heavy atom. The monoisotopic (exact) mass is 360 g/mol. The summed E-state index contributed by atoms with van der Waals surface area (Å²) in [6, 6.07) is 3.22. The van der Waals surface area contributed by atoms with Crippen LogP contribution in [0.2, 0.25) is 0 Å². The average Bonchev–Trinajstić information content (AvgIpc) is 2.55. The second-order valence-electron chi connectivity index (χ2n) is 5.50. The number of benzene rings is 1. The molecular weight excluding hydrogens is 345 g/mol. The topological polar surface area (TPSA) is 58.6 Å². The first-order chi connectivity index (χ1) is 11.3. The van der Waals surface area contributed by atoms with Crippen LogP contribution in [-0.2, 0) is 20.5 Å². The predicted octanol–water partition coefficient (Wildman–Crippen LogP) is 2.37. The minimum Gasteiger partial charge on any atom is -0.378 e. The van der Waals surface area contributed by atoms with Gasteiger partial charge < -0.3 is 15.0 Å². The number of nitrogens with one attached hydrogen (secondary N) is 1. The zero-order chi connectivity index (χ0) is 17.3. The fourth-order valence-electron chi connectivity index (χ4n) is 2.56. The molecule has 1 atom stereocenters. The van der Waals surface area contributed by atoms with Gasteiger partial charge in [-0.05, 0) is 18.2 Å². The summed E-state index contributed by atoms with van der Waals surface area (Å²) >= 11 is 1.12. The van der Waals surface area contributed by atoms with Crippen LogP contribution >= 0.6 is 11.8 Å². The molecule has 24 heavy (non-hydrogen) atoms. The van der Waals surface area contributed by atoms with Gasteiger partial charge >= 0.3 is 6.18 Å². The van der Waals surface area contributed by atoms with E-state index in [1.807, 2.05) is 0 Å². The lowest BCUT2D eigenvalue weighted by Gasteiger charge is -2.29. The fourth-order valence-corrected chi connectivity index (χ4v) is 3.64. The van der Waals surface area contributed by atoms with E-state index >= 15 is 0 Å². The Morgan fingerprint density at radius 1 is 1.33 bits per heavy atom. The minimum atomic E-state index is -4.46. The summed E-state index contributed by atoms with van der Waals surface area (Å²) in [4.78, 5) is 26.5. The molecule has 1 saturated heterocycles. The molecule has 1 aromatic carbocycles. The van der Waals surface area contributed by atoms with E-state index in [1.165, 1.54) is 6.07 Å². The molecule has 0 spiro atoms. The summed E-state index contributed by atoms with van der Waals surface area (Å²) in [6.45, 7) is 1.92. The molecule has 0 saturated carbocycles. The summed E-state index contributed by atoms with van der Waals surface area (Å²) in [5, 5.41) is 1.83. The molecule has 5 nitrogen and oxygen atoms in total. The molecule has 0 aliphatic carbocycles. The third-order valence-corrected chi connectivity index (χ3v) is 5.13. The van der Waals surface area contributed by atoms with Gasteiger partial charge in [0.2, 0.25) is 11.8 Å². The minimum absolute atomic E-state index is 0.0109. The number of amides is 2. The third kappa shape index (κ3) is 3.67. The van der Waals surface area contributed by atoms with Crippen LogP contribution in [0.1, 0.15) is 12.0 Å². The Balaban J connectivity index is 1.70. The second-order valence-corrected chi connectivity index (χ2v) is 6.75. The summed E-state index contributed by atoms with van der Waals surface area (Å²) < 4.78 is 43.4. The molecule has 9 heteroatoms. The number of ether oxygens (including phenoxy) is 1. The second kappa shape index (κ2) is 6.64. The summed E-state index contributed by atoms with van der Waals surface area (Å²) in [6.07, 6.45) is -4.45. The number of morpholine rings is 1. The van der Waals surface area contributed by atoms with E-state index in [1.54, 1.807) is 4.90 Å². The number of carbonyl (C=O) groups is 2. The van der Waals surface area contributed by atoms with Crippen LogP contribution in [0.3, 0.4) is 0 Å². The van der Waals surface area contributed by atoms with Crippen molar-refractivity contribution >= 4 is 29.3 Å². The molecule has 0 aromatic heterocycles. The van der Waals surface area contributed by atoms with Crippen molar-refractivity contribution in [3.8, 4) is 0 Å². The number of alkyl halides is 3. The number of anilines is 1. The van der Waals surface area contributed by atoms with Crippen molar-refractivity contribution in [1.82, 2.24) is 4.90 Å². The summed E-state index contributed by atoms with van der Waals surface area (Å²) in [5.74, 6) is -0.602. The number of rotatable bonds is 2. The summed E-state index contributed by atoms with van der Waals surface area (Å²) in [5.41, 5.74) is -0.681. The van der Waals surface area contributed by atoms with Gasteiger partial charge in [-0.25, -0.2) is 0 Å². The van der Waals surface area contributed by atoms with Crippen LogP contribution in [0.5, 0.6) is 0 Å². The first kappa shape index (κ1) is 17.1. The van der Waals surface area contributed by atoms with Gasteiger partial charge in [-0.15, -0.1) is 11.8 Å². The largest absolute Gasteiger partial charge is 0.416 e. The smallest absolute Gasteiger partial charge is 0.378 e. The zero-order valence-corrected chi connectivity index (χ0v) is 13.4. The van der Waals surface area contributed by atoms with Gasteiger partial charge in [0.15, 0.2) is 0 Å². The molecule has 1 aromatic rings. The molecule has 0 bridgehead atoms. The van der Waals surface area contributed by atoms with Gasteiger partial charge in [0, 0.05) is 24.4 Å². The van der Waals surface area contributed by atoms with E-state index in [0.29, 0.717) is 31.2 Å². The summed E-state index contributed by atoms with van der Waals surface area (Å²) in [7, 11) is 0. The Kier molecular flexibility index (Phi) is 4.73. The molecule has 0 radical (unpaired) electrons. The number of fused-ring (bicyclic) bond motifs is 1. The molecule has 0 unspecified atom stereocenters. The van der Waals surface area contributed by atoms with E-state index in [4.69, 9.17) is 4.74 Å². The maximum Gasteiger partial charge on any atom is 0.416 e. The van der Waals surface area contributed by atoms with Gasteiger partial charge in [0.1, 0.15) is 0 Å². The highest BCUT2D eigenvalue weighted by Crippen LogP contribution is 2.40. The lowest BCUT2D eigenvalue weighted by Crippen LogP contribution is -2.43. The highest BCUT2D eigenvalue weighted by Gasteiger charge is 2.35. The Bertz CT molecular complexity index is 660. The standard InChI is InChI=1S/C15H15F3N2O3S/c16-15(17,18)9-1-2-11-10(7-9)19-14(22)12(24-11)8-13(21)20-3-5-23-6-4-20/h1-2,7,12H,3-6,8H2,(H,19,22)/t12-/m0/s1. The number of thioether (sulfide) groups is 1. The highest BCUT2D eigenvalue weighted by molar-refractivity contribution is 8.01. The van der Waals surface area contributed by atoms with E-state index in [0.717, 1.165) is 23.9 Å². The van der Waals surface area contributed by atoms with Crippen molar-refractivity contribution < 1.29 is 27.5 Å². The first-order valence-corrected chi connectivity index (χ1v) is 8.27. The van der Waals surface area contributed by atoms with Crippen LogP contribution in [0.25, 0.3) is 0 Å². The number of hydrogen-bond acceptors (Lipinski definition) is 4. The molecule has 2 aliphatic heterocycles. The lowest BCUT2D eigenvalue weighted by atomic mass is 10.1. The maximum absolute atomic E-state index is 12.7. The zero-order valence-electron chi connectivity index (χ0n) is 12.6. The van der Waals surface area contributed by atoms with Crippen LogP contribution in [0, 0.1) is 0 Å². The SMILES string of the molecule is O=C1Nc2cc(C(F)(F)F)ccc2S[C@H]1CC(=O)N1CCOCC1. The normalized spacial score (nSPS) is 21.2. The molecule has 2 heterocycles. The van der Waals surface area contributed by atoms with E-state index in [2.05, 4.69) is 5.32 Å². The van der Waals surface area contributed by atoms with Crippen LogP contribution < -0.4 is 5.32 Å². The fraction of sp³-hybridized carbons (Fsp3) is 0.467. The van der Waals surface area contributed by atoms with Crippen molar-refractivity contribution in [2.24, 2.45) is 0 Å². The quantitative estimate of drug-likeness (QED) is 0.880. The number of nitrogens with zero attached hydrogens (tertiary/aromatic N) is 1. The lowest BCUT2D eigenvalue weighted by molar-refractivity contribution is -0.137. The maximum atomic E-state index is 12.7. The molecular formula is C15H15F3N2O3S.